The van der Waals surface area contributed by atoms with Gasteiger partial charge in [-0.05, 0) is 56.4 Å². The van der Waals surface area contributed by atoms with E-state index in [1.165, 1.54) is 0 Å². The smallest absolute Gasteiger partial charge is 0.306 e. The average molecular weight is 473 g/mol. The van der Waals surface area contributed by atoms with Crippen LogP contribution < -0.4 is 0 Å². The Labute approximate surface area is 200 Å². The maximum Gasteiger partial charge on any atom is 0.306 e. The SMILES string of the molecule is CC1(C)[C@@H](O)CC[C@]2(C)C3=C([C@@H](O)C[C@@H]12)[C@]1(C)C(=O)C[C@H]([C@]2(C)CCC(=O)O2)[C@@]1(C)C(=O)C3=O. The van der Waals surface area contributed by atoms with E-state index < -0.39 is 57.0 Å². The van der Waals surface area contributed by atoms with E-state index in [2.05, 4.69) is 0 Å². The van der Waals surface area contributed by atoms with Crippen molar-refractivity contribution < 1.29 is 34.1 Å². The Balaban J connectivity index is 1.74. The molecule has 0 amide bonds. The minimum absolute atomic E-state index is 0.0175. The van der Waals surface area contributed by atoms with Crippen molar-refractivity contribution in [1.29, 1.82) is 0 Å². The van der Waals surface area contributed by atoms with Crippen LogP contribution in [0.5, 0.6) is 0 Å². The minimum atomic E-state index is -1.41. The van der Waals surface area contributed by atoms with Crippen molar-refractivity contribution >= 4 is 23.3 Å². The van der Waals surface area contributed by atoms with Gasteiger partial charge in [-0.25, -0.2) is 0 Å². The van der Waals surface area contributed by atoms with Crippen LogP contribution in [0.25, 0.3) is 0 Å². The third-order valence-electron chi connectivity index (χ3n) is 11.1. The second-order valence-electron chi connectivity index (χ2n) is 12.8. The molecule has 0 aromatic rings. The van der Waals surface area contributed by atoms with Gasteiger partial charge in [-0.3, -0.25) is 19.2 Å². The predicted molar refractivity (Wildman–Crippen MR) is 121 cm³/mol. The number of cyclic esters (lactones) is 1. The number of aliphatic hydroxyl groups excluding tert-OH is 2. The van der Waals surface area contributed by atoms with Gasteiger partial charge in [-0.2, -0.15) is 0 Å². The summed E-state index contributed by atoms with van der Waals surface area (Å²) in [5, 5.41) is 22.3. The maximum absolute atomic E-state index is 14.1. The molecule has 2 saturated carbocycles. The number of ketones is 3. The van der Waals surface area contributed by atoms with Crippen LogP contribution in [0.4, 0.5) is 0 Å². The van der Waals surface area contributed by atoms with Gasteiger partial charge in [0.15, 0.2) is 0 Å². The monoisotopic (exact) mass is 472 g/mol. The summed E-state index contributed by atoms with van der Waals surface area (Å²) in [6.07, 6.45) is 0.270. The Kier molecular flexibility index (Phi) is 4.68. The molecular formula is C27H36O7. The highest BCUT2D eigenvalue weighted by molar-refractivity contribution is 6.48. The Morgan fingerprint density at radius 1 is 0.912 bits per heavy atom. The van der Waals surface area contributed by atoms with Gasteiger partial charge in [0, 0.05) is 29.7 Å². The normalized spacial score (nSPS) is 50.1. The van der Waals surface area contributed by atoms with Crippen molar-refractivity contribution in [3.05, 3.63) is 11.1 Å². The number of aliphatic hydroxyl groups is 2. The van der Waals surface area contributed by atoms with Crippen LogP contribution in [0, 0.1) is 33.5 Å². The molecule has 1 aliphatic heterocycles. The van der Waals surface area contributed by atoms with Gasteiger partial charge in [-0.1, -0.05) is 27.7 Å². The number of carbonyl (C=O) groups is 4. The molecule has 0 spiro atoms. The summed E-state index contributed by atoms with van der Waals surface area (Å²) < 4.78 is 5.67. The second-order valence-corrected chi connectivity index (χ2v) is 12.8. The zero-order valence-electron chi connectivity index (χ0n) is 21.0. The van der Waals surface area contributed by atoms with Gasteiger partial charge in [0.1, 0.15) is 11.4 Å². The number of hydrogen-bond acceptors (Lipinski definition) is 7. The van der Waals surface area contributed by atoms with Crippen LogP contribution in [0.3, 0.4) is 0 Å². The van der Waals surface area contributed by atoms with E-state index in [1.807, 2.05) is 20.8 Å². The summed E-state index contributed by atoms with van der Waals surface area (Å²) in [6.45, 7) is 11.0. The number of rotatable bonds is 1. The lowest BCUT2D eigenvalue weighted by Crippen LogP contribution is -2.64. The van der Waals surface area contributed by atoms with Crippen LogP contribution in [0.2, 0.25) is 0 Å². The lowest BCUT2D eigenvalue weighted by atomic mass is 9.42. The highest BCUT2D eigenvalue weighted by Crippen LogP contribution is 2.70. The maximum atomic E-state index is 14.1. The molecule has 8 atom stereocenters. The van der Waals surface area contributed by atoms with Crippen molar-refractivity contribution in [1.82, 2.24) is 0 Å². The van der Waals surface area contributed by atoms with Crippen LogP contribution in [-0.2, 0) is 23.9 Å². The predicted octanol–water partition coefficient (Wildman–Crippen LogP) is 2.70. The molecule has 2 N–H and O–H groups in total. The lowest BCUT2D eigenvalue weighted by molar-refractivity contribution is -0.167. The third kappa shape index (κ3) is 2.45. The Morgan fingerprint density at radius 2 is 1.56 bits per heavy atom. The van der Waals surface area contributed by atoms with Crippen molar-refractivity contribution in [2.75, 3.05) is 0 Å². The third-order valence-corrected chi connectivity index (χ3v) is 11.1. The van der Waals surface area contributed by atoms with Crippen LogP contribution in [0.15, 0.2) is 11.1 Å². The number of ether oxygens (including phenoxy) is 1. The molecule has 5 rings (SSSR count). The van der Waals surface area contributed by atoms with E-state index in [-0.39, 0.29) is 30.5 Å². The fraction of sp³-hybridized carbons (Fsp3) is 0.778. The first-order chi connectivity index (χ1) is 15.6. The van der Waals surface area contributed by atoms with E-state index >= 15 is 0 Å². The Hall–Kier alpha value is -1.86. The number of Topliss-reactive ketones (excluding diaryl/α,β-unsaturated/α-hetero) is 3. The van der Waals surface area contributed by atoms with E-state index in [0.717, 1.165) is 0 Å². The molecule has 0 radical (unpaired) electrons. The van der Waals surface area contributed by atoms with Crippen molar-refractivity contribution in [2.45, 2.75) is 97.9 Å². The molecule has 4 aliphatic carbocycles. The summed E-state index contributed by atoms with van der Waals surface area (Å²) in [6, 6.07) is 0. The number of carbonyl (C=O) groups excluding carboxylic acids is 4. The molecular weight excluding hydrogens is 436 g/mol. The molecule has 1 heterocycles. The first-order valence-corrected chi connectivity index (χ1v) is 12.5. The van der Waals surface area contributed by atoms with Gasteiger partial charge >= 0.3 is 5.97 Å². The number of hydrogen-bond donors (Lipinski definition) is 2. The topological polar surface area (TPSA) is 118 Å². The van der Waals surface area contributed by atoms with Gasteiger partial charge in [0.25, 0.3) is 0 Å². The molecule has 0 unspecified atom stereocenters. The molecule has 34 heavy (non-hydrogen) atoms. The second kappa shape index (κ2) is 6.67. The molecule has 3 fully saturated rings. The van der Waals surface area contributed by atoms with Gasteiger partial charge in [0.05, 0.1) is 23.0 Å². The van der Waals surface area contributed by atoms with E-state index in [4.69, 9.17) is 4.74 Å². The summed E-state index contributed by atoms with van der Waals surface area (Å²) in [5.41, 5.74) is -4.39. The fourth-order valence-corrected chi connectivity index (χ4v) is 8.86. The number of esters is 1. The van der Waals surface area contributed by atoms with E-state index in [1.54, 1.807) is 20.8 Å². The van der Waals surface area contributed by atoms with Gasteiger partial charge < -0.3 is 14.9 Å². The van der Waals surface area contributed by atoms with E-state index in [9.17, 15) is 29.4 Å². The zero-order chi connectivity index (χ0) is 25.2. The van der Waals surface area contributed by atoms with Crippen LogP contribution in [0.1, 0.15) is 80.1 Å². The fourth-order valence-electron chi connectivity index (χ4n) is 8.86. The number of allylic oxidation sites excluding steroid dienone is 1. The molecule has 1 saturated heterocycles. The zero-order valence-corrected chi connectivity index (χ0v) is 21.0. The minimum Gasteiger partial charge on any atom is -0.459 e. The number of fused-ring (bicyclic) bond motifs is 4. The largest absolute Gasteiger partial charge is 0.459 e. The van der Waals surface area contributed by atoms with Crippen LogP contribution in [-0.4, -0.2) is 51.3 Å². The van der Waals surface area contributed by atoms with Crippen molar-refractivity contribution in [3.8, 4) is 0 Å². The van der Waals surface area contributed by atoms with Crippen LogP contribution >= 0.6 is 0 Å². The van der Waals surface area contributed by atoms with Crippen molar-refractivity contribution in [2.24, 2.45) is 33.5 Å². The standard InChI is InChI=1S/C27H36O7/c1-23(2)14-11-13(28)19-20(24(14,3)9-7-16(23)29)21(32)22(33)26(5)15(12-17(30)27(19,26)6)25(4)10-8-18(31)34-25/h13-16,28-29H,7-12H2,1-6H3/t13-,14-,15+,16-,24-,25-,26-,27-/m0/s1. The van der Waals surface area contributed by atoms with Crippen molar-refractivity contribution in [3.63, 3.8) is 0 Å². The Bertz CT molecular complexity index is 1070. The lowest BCUT2D eigenvalue weighted by Gasteiger charge is -2.61. The summed E-state index contributed by atoms with van der Waals surface area (Å²) >= 11 is 0. The Morgan fingerprint density at radius 3 is 2.15 bits per heavy atom. The average Bonchev–Trinajstić information content (AvgIpc) is 3.21. The molecule has 7 heteroatoms. The van der Waals surface area contributed by atoms with Gasteiger partial charge in [0.2, 0.25) is 11.6 Å². The first kappa shape index (κ1) is 23.9. The summed E-state index contributed by atoms with van der Waals surface area (Å²) in [5.74, 6) is -2.65. The summed E-state index contributed by atoms with van der Waals surface area (Å²) in [4.78, 5) is 53.9. The molecule has 0 aromatic heterocycles. The molecule has 0 bridgehead atoms. The molecule has 5 aliphatic rings. The molecule has 0 aromatic carbocycles. The quantitative estimate of drug-likeness (QED) is 0.445. The summed E-state index contributed by atoms with van der Waals surface area (Å²) in [7, 11) is 0. The first-order valence-electron chi connectivity index (χ1n) is 12.5. The highest BCUT2D eigenvalue weighted by atomic mass is 16.6. The van der Waals surface area contributed by atoms with Gasteiger partial charge in [-0.15, -0.1) is 0 Å². The van der Waals surface area contributed by atoms with E-state index in [0.29, 0.717) is 36.8 Å². The molecule has 7 nitrogen and oxygen atoms in total. The highest BCUT2D eigenvalue weighted by Gasteiger charge is 2.76. The molecule has 186 valence electrons.